The molecule has 0 aromatic heterocycles. The molecule has 8 nitrogen and oxygen atoms in total. The molecule has 0 saturated heterocycles. The van der Waals surface area contributed by atoms with Gasteiger partial charge < -0.3 is 40.9 Å². The Morgan fingerprint density at radius 2 is 0.389 bits per heavy atom. The molecule has 0 rings (SSSR count). The standard InChI is InChI=1S/4C2H5O2.2Mo/c4*1-2(3)4;;/h4*3-4H,1H3;;/q4*-1;2*+2. The molecule has 0 spiro atoms. The van der Waals surface area contributed by atoms with Gasteiger partial charge in [-0.15, -0.1) is 27.7 Å². The molecule has 0 aromatic rings. The van der Waals surface area contributed by atoms with Gasteiger partial charge >= 0.3 is 42.1 Å². The van der Waals surface area contributed by atoms with Gasteiger partial charge in [0.1, 0.15) is 0 Å². The van der Waals surface area contributed by atoms with Crippen LogP contribution >= 0.6 is 0 Å². The molecular formula is C8H20Mo2O8. The molecule has 0 aromatic carbocycles. The van der Waals surface area contributed by atoms with Gasteiger partial charge in [0.15, 0.2) is 0 Å². The minimum absolute atomic E-state index is 0. The predicted molar refractivity (Wildman–Crippen MR) is 51.2 cm³/mol. The van der Waals surface area contributed by atoms with Gasteiger partial charge in [0.2, 0.25) is 0 Å². The molecule has 0 amide bonds. The first kappa shape index (κ1) is 36.4. The average molecular weight is 436 g/mol. The van der Waals surface area contributed by atoms with Crippen molar-refractivity contribution in [3.8, 4) is 0 Å². The maximum Gasteiger partial charge on any atom is 2.00 e. The quantitative estimate of drug-likeness (QED) is 0.206. The van der Waals surface area contributed by atoms with Crippen LogP contribution in [-0.4, -0.2) is 40.9 Å². The van der Waals surface area contributed by atoms with Crippen molar-refractivity contribution in [1.82, 2.24) is 0 Å². The smallest absolute Gasteiger partial charge is 0.536 e. The van der Waals surface area contributed by atoms with Crippen LogP contribution in [0.5, 0.6) is 0 Å². The van der Waals surface area contributed by atoms with Gasteiger partial charge in [-0.1, -0.05) is 25.2 Å². The van der Waals surface area contributed by atoms with Crippen LogP contribution in [0.25, 0.3) is 0 Å². The molecule has 8 N–H and O–H groups in total. The Bertz CT molecular complexity index is 68.1. The van der Waals surface area contributed by atoms with Crippen molar-refractivity contribution in [2.24, 2.45) is 0 Å². The van der Waals surface area contributed by atoms with E-state index in [9.17, 15) is 0 Å². The molecule has 10 heteroatoms. The van der Waals surface area contributed by atoms with E-state index in [1.807, 2.05) is 0 Å². The second-order valence-electron chi connectivity index (χ2n) is 2.19. The number of hydrogen-bond acceptors (Lipinski definition) is 8. The fourth-order valence-electron chi connectivity index (χ4n) is 0. The van der Waals surface area contributed by atoms with E-state index in [1.54, 1.807) is 0 Å². The number of hydrogen-bond donors (Lipinski definition) is 8. The zero-order valence-corrected chi connectivity index (χ0v) is 14.4. The first-order valence-corrected chi connectivity index (χ1v) is 3.79. The third-order valence-corrected chi connectivity index (χ3v) is 0. The molecule has 0 fully saturated rings. The van der Waals surface area contributed by atoms with Gasteiger partial charge in [-0.3, -0.25) is 0 Å². The van der Waals surface area contributed by atoms with Gasteiger partial charge in [0, 0.05) is 0 Å². The Kier molecular flexibility index (Phi) is 62.4. The van der Waals surface area contributed by atoms with Crippen molar-refractivity contribution in [1.29, 1.82) is 0 Å². The molecule has 0 radical (unpaired) electrons. The molecule has 0 atom stereocenters. The van der Waals surface area contributed by atoms with E-state index >= 15 is 0 Å². The largest absolute Gasteiger partial charge is 2.00 e. The Balaban J connectivity index is -0.0000000257. The Hall–Kier alpha value is 1.06. The topological polar surface area (TPSA) is 162 Å². The van der Waals surface area contributed by atoms with Crippen molar-refractivity contribution >= 4 is 0 Å². The molecule has 18 heavy (non-hydrogen) atoms. The van der Waals surface area contributed by atoms with Gasteiger partial charge in [-0.05, 0) is 0 Å². The van der Waals surface area contributed by atoms with Gasteiger partial charge in [0.05, 0.1) is 0 Å². The molecule has 0 aliphatic carbocycles. The Morgan fingerprint density at radius 1 is 0.389 bits per heavy atom. The van der Waals surface area contributed by atoms with E-state index in [1.165, 1.54) is 27.7 Å². The van der Waals surface area contributed by atoms with E-state index in [0.717, 1.165) is 0 Å². The molecule has 112 valence electrons. The van der Waals surface area contributed by atoms with E-state index in [4.69, 9.17) is 40.9 Å². The van der Waals surface area contributed by atoms with Crippen LogP contribution in [0.1, 0.15) is 27.7 Å². The average Bonchev–Trinajstić information content (AvgIpc) is 1.76. The zero-order valence-electron chi connectivity index (χ0n) is 10.4. The van der Waals surface area contributed by atoms with Gasteiger partial charge in [-0.25, -0.2) is 0 Å². The normalized spacial score (nSPS) is 8.00. The Morgan fingerprint density at radius 3 is 0.389 bits per heavy atom. The molecule has 0 aliphatic rings. The summed E-state index contributed by atoms with van der Waals surface area (Å²) in [5.74, 6) is 0. The number of rotatable bonds is 0. The minimum atomic E-state index is -0.583. The second kappa shape index (κ2) is 30.8. The molecule has 0 bridgehead atoms. The molecule has 0 saturated carbocycles. The van der Waals surface area contributed by atoms with Crippen LogP contribution in [0.2, 0.25) is 0 Å². The summed E-state index contributed by atoms with van der Waals surface area (Å²) in [4.78, 5) is 0. The first-order chi connectivity index (χ1) is 6.93. The van der Waals surface area contributed by atoms with E-state index < -0.39 is 25.2 Å². The first-order valence-electron chi connectivity index (χ1n) is 3.79. The minimum Gasteiger partial charge on any atom is -0.536 e. The van der Waals surface area contributed by atoms with Crippen molar-refractivity contribution in [2.75, 3.05) is 0 Å². The van der Waals surface area contributed by atoms with Crippen LogP contribution in [0.15, 0.2) is 0 Å². The third kappa shape index (κ3) is 3940. The maximum absolute atomic E-state index is 7.53. The summed E-state index contributed by atoms with van der Waals surface area (Å²) < 4.78 is 0. The Labute approximate surface area is 135 Å². The van der Waals surface area contributed by atoms with Gasteiger partial charge in [-0.2, -0.15) is 0 Å². The number of aliphatic hydroxyl groups is 8. The predicted octanol–water partition coefficient (Wildman–Crippen LogP) is 0.958. The fourth-order valence-corrected chi connectivity index (χ4v) is 0. The summed E-state index contributed by atoms with van der Waals surface area (Å²) in [6, 6.07) is 0. The molecule has 0 unspecified atom stereocenters. The van der Waals surface area contributed by atoms with Crippen molar-refractivity contribution in [2.45, 2.75) is 27.7 Å². The summed E-state index contributed by atoms with van der Waals surface area (Å²) in [7, 11) is 0. The SMILES string of the molecule is C[C-](O)O.C[C-](O)O.C[C-](O)O.C[C-](O)O.[Mo+2].[Mo+2]. The van der Waals surface area contributed by atoms with E-state index in [2.05, 4.69) is 0 Å². The monoisotopic (exact) mass is 440 g/mol. The van der Waals surface area contributed by atoms with Crippen LogP contribution < -0.4 is 0 Å². The van der Waals surface area contributed by atoms with Crippen LogP contribution in [0.3, 0.4) is 0 Å². The van der Waals surface area contributed by atoms with Gasteiger partial charge in [0.25, 0.3) is 0 Å². The summed E-state index contributed by atoms with van der Waals surface area (Å²) >= 11 is 0. The molecular weight excluding hydrogens is 416 g/mol. The second-order valence-corrected chi connectivity index (χ2v) is 2.19. The fraction of sp³-hybridized carbons (Fsp3) is 0.500. The van der Waals surface area contributed by atoms with Crippen LogP contribution in [-0.2, 0) is 42.1 Å². The third-order valence-electron chi connectivity index (χ3n) is 0. The zero-order chi connectivity index (χ0) is 14.3. The van der Waals surface area contributed by atoms with Crippen molar-refractivity contribution in [3.05, 3.63) is 25.2 Å². The summed E-state index contributed by atoms with van der Waals surface area (Å²) in [6.07, 6.45) is -2.33. The molecule has 0 heterocycles. The summed E-state index contributed by atoms with van der Waals surface area (Å²) in [6.45, 7) is 4.78. The van der Waals surface area contributed by atoms with Crippen LogP contribution in [0, 0.1) is 25.2 Å². The van der Waals surface area contributed by atoms with Crippen molar-refractivity contribution in [3.63, 3.8) is 0 Å². The maximum atomic E-state index is 7.53. The van der Waals surface area contributed by atoms with Crippen LogP contribution in [0.4, 0.5) is 0 Å². The molecule has 0 aliphatic heterocycles. The van der Waals surface area contributed by atoms with Crippen molar-refractivity contribution < 1.29 is 83.0 Å². The number of aliphatic hydroxyl groups excluding tert-OH is 4. The summed E-state index contributed by atoms with van der Waals surface area (Å²) in [5, 5.41) is 60.2. The summed E-state index contributed by atoms with van der Waals surface area (Å²) in [5.41, 5.74) is 0. The van der Waals surface area contributed by atoms with E-state index in [0.29, 0.717) is 0 Å². The van der Waals surface area contributed by atoms with E-state index in [-0.39, 0.29) is 42.1 Å².